The number of nitrogens with zero attached hydrogens (tertiary/aromatic N) is 4. The molecule has 1 amide bonds. The molecule has 2 heterocycles. The van der Waals surface area contributed by atoms with Crippen LogP contribution in [0.1, 0.15) is 31.2 Å². The highest BCUT2D eigenvalue weighted by Gasteiger charge is 2.23. The lowest BCUT2D eigenvalue weighted by Crippen LogP contribution is -2.40. The van der Waals surface area contributed by atoms with Gasteiger partial charge in [0, 0.05) is 26.1 Å². The molecule has 0 radical (unpaired) electrons. The van der Waals surface area contributed by atoms with Gasteiger partial charge < -0.3 is 9.47 Å². The molecule has 1 aromatic carbocycles. The zero-order valence-corrected chi connectivity index (χ0v) is 13.8. The van der Waals surface area contributed by atoms with E-state index in [4.69, 9.17) is 0 Å². The van der Waals surface area contributed by atoms with Gasteiger partial charge in [-0.3, -0.25) is 4.79 Å². The van der Waals surface area contributed by atoms with Crippen LogP contribution in [0.5, 0.6) is 0 Å². The molecule has 1 saturated heterocycles. The van der Waals surface area contributed by atoms with Gasteiger partial charge in [-0.2, -0.15) is 0 Å². The summed E-state index contributed by atoms with van der Waals surface area (Å²) >= 11 is 0. The summed E-state index contributed by atoms with van der Waals surface area (Å²) in [4.78, 5) is 14.4. The second-order valence-corrected chi connectivity index (χ2v) is 6.46. The van der Waals surface area contributed by atoms with Crippen LogP contribution in [0.25, 0.3) is 0 Å². The number of amides is 1. The second kappa shape index (κ2) is 8.04. The lowest BCUT2D eigenvalue weighted by Gasteiger charge is -2.33. The summed E-state index contributed by atoms with van der Waals surface area (Å²) in [5, 5.41) is 7.50. The number of rotatable bonds is 6. The molecule has 3 rings (SSSR count). The molecule has 24 heavy (non-hydrogen) atoms. The van der Waals surface area contributed by atoms with Crippen molar-refractivity contribution in [1.29, 1.82) is 0 Å². The van der Waals surface area contributed by atoms with Crippen LogP contribution < -0.4 is 0 Å². The van der Waals surface area contributed by atoms with Crippen LogP contribution in [0.4, 0.5) is 4.39 Å². The molecule has 1 aromatic heterocycles. The average Bonchev–Trinajstić information content (AvgIpc) is 3.13. The number of hydrogen-bond acceptors (Lipinski definition) is 3. The van der Waals surface area contributed by atoms with E-state index in [0.717, 1.165) is 44.3 Å². The fourth-order valence-corrected chi connectivity index (χ4v) is 3.27. The lowest BCUT2D eigenvalue weighted by molar-refractivity contribution is -0.133. The van der Waals surface area contributed by atoms with E-state index in [1.165, 1.54) is 12.1 Å². The summed E-state index contributed by atoms with van der Waals surface area (Å²) in [7, 11) is 0. The van der Waals surface area contributed by atoms with E-state index in [0.29, 0.717) is 18.9 Å². The number of aromatic nitrogens is 3. The van der Waals surface area contributed by atoms with Crippen LogP contribution in [-0.2, 0) is 17.8 Å². The zero-order valence-electron chi connectivity index (χ0n) is 13.8. The van der Waals surface area contributed by atoms with Crippen molar-refractivity contribution < 1.29 is 9.18 Å². The first-order valence-corrected chi connectivity index (χ1v) is 8.55. The molecule has 1 atom stereocenters. The van der Waals surface area contributed by atoms with E-state index in [1.54, 1.807) is 12.7 Å². The van der Waals surface area contributed by atoms with E-state index >= 15 is 0 Å². The topological polar surface area (TPSA) is 51.0 Å². The lowest BCUT2D eigenvalue weighted by atomic mass is 9.91. The number of carbonyl (C=O) groups excluding carboxylic acids is 1. The van der Waals surface area contributed by atoms with Crippen molar-refractivity contribution in [3.8, 4) is 0 Å². The summed E-state index contributed by atoms with van der Waals surface area (Å²) in [5.74, 6) is 0.541. The first kappa shape index (κ1) is 16.6. The molecule has 2 aromatic rings. The van der Waals surface area contributed by atoms with Crippen molar-refractivity contribution in [3.05, 3.63) is 48.3 Å². The monoisotopic (exact) mass is 330 g/mol. The Morgan fingerprint density at radius 2 is 1.96 bits per heavy atom. The Labute approximate surface area is 141 Å². The third-order valence-electron chi connectivity index (χ3n) is 4.68. The summed E-state index contributed by atoms with van der Waals surface area (Å²) in [6.45, 7) is 2.32. The molecule has 0 aliphatic carbocycles. The molecule has 0 unspecified atom stereocenters. The first-order chi connectivity index (χ1) is 11.7. The molecule has 128 valence electrons. The van der Waals surface area contributed by atoms with E-state index in [-0.39, 0.29) is 11.7 Å². The van der Waals surface area contributed by atoms with Gasteiger partial charge in [-0.1, -0.05) is 12.1 Å². The Hall–Kier alpha value is -2.24. The standard InChI is InChI=1S/C18H23FN4O/c19-17-7-5-15(6-8-17)3-4-16-2-1-10-23(12-16)18(24)9-11-22-13-20-21-14-22/h5-8,13-14,16H,1-4,9-12H2/t16-/m0/s1. The minimum Gasteiger partial charge on any atom is -0.342 e. The van der Waals surface area contributed by atoms with E-state index in [1.807, 2.05) is 21.6 Å². The van der Waals surface area contributed by atoms with E-state index in [2.05, 4.69) is 10.2 Å². The van der Waals surface area contributed by atoms with E-state index < -0.39 is 0 Å². The maximum Gasteiger partial charge on any atom is 0.224 e. The number of halogens is 1. The van der Waals surface area contributed by atoms with Crippen LogP contribution in [0, 0.1) is 11.7 Å². The number of aryl methyl sites for hydroxylation is 2. The number of hydrogen-bond donors (Lipinski definition) is 0. The van der Waals surface area contributed by atoms with Crippen molar-refractivity contribution in [3.63, 3.8) is 0 Å². The Kier molecular flexibility index (Phi) is 5.56. The molecule has 0 N–H and O–H groups in total. The predicted molar refractivity (Wildman–Crippen MR) is 88.7 cm³/mol. The molecular weight excluding hydrogens is 307 g/mol. The number of carbonyl (C=O) groups is 1. The van der Waals surface area contributed by atoms with Crippen LogP contribution in [0.15, 0.2) is 36.9 Å². The van der Waals surface area contributed by atoms with Crippen LogP contribution in [-0.4, -0.2) is 38.7 Å². The molecular formula is C18H23FN4O. The summed E-state index contributed by atoms with van der Waals surface area (Å²) < 4.78 is 14.8. The van der Waals surface area contributed by atoms with Crippen molar-refractivity contribution >= 4 is 5.91 Å². The SMILES string of the molecule is O=C(CCn1cnnc1)N1CCC[C@@H](CCc2ccc(F)cc2)C1. The molecule has 0 bridgehead atoms. The summed E-state index contributed by atoms with van der Waals surface area (Å²) in [6, 6.07) is 6.72. The normalized spacial score (nSPS) is 17.9. The van der Waals surface area contributed by atoms with Crippen LogP contribution in [0.3, 0.4) is 0 Å². The highest BCUT2D eigenvalue weighted by Crippen LogP contribution is 2.22. The molecule has 1 fully saturated rings. The van der Waals surface area contributed by atoms with Crippen molar-refractivity contribution in [2.75, 3.05) is 13.1 Å². The minimum atomic E-state index is -0.193. The maximum absolute atomic E-state index is 12.9. The largest absolute Gasteiger partial charge is 0.342 e. The maximum atomic E-state index is 12.9. The molecule has 0 saturated carbocycles. The Morgan fingerprint density at radius 3 is 2.71 bits per heavy atom. The van der Waals surface area contributed by atoms with Gasteiger partial charge in [-0.05, 0) is 49.3 Å². The summed E-state index contributed by atoms with van der Waals surface area (Å²) in [6.07, 6.45) is 7.96. The van der Waals surface area contributed by atoms with Gasteiger partial charge in [-0.15, -0.1) is 10.2 Å². The molecule has 6 heteroatoms. The van der Waals surface area contributed by atoms with E-state index in [9.17, 15) is 9.18 Å². The first-order valence-electron chi connectivity index (χ1n) is 8.55. The fraction of sp³-hybridized carbons (Fsp3) is 0.500. The second-order valence-electron chi connectivity index (χ2n) is 6.46. The zero-order chi connectivity index (χ0) is 16.8. The van der Waals surface area contributed by atoms with Crippen LogP contribution in [0.2, 0.25) is 0 Å². The Bertz CT molecular complexity index is 642. The van der Waals surface area contributed by atoms with Crippen molar-refractivity contribution in [2.45, 2.75) is 38.6 Å². The number of piperidine rings is 1. The average molecular weight is 330 g/mol. The van der Waals surface area contributed by atoms with Gasteiger partial charge in [0.15, 0.2) is 0 Å². The molecule has 0 spiro atoms. The van der Waals surface area contributed by atoms with Gasteiger partial charge in [0.05, 0.1) is 0 Å². The van der Waals surface area contributed by atoms with Crippen LogP contribution >= 0.6 is 0 Å². The number of benzene rings is 1. The highest BCUT2D eigenvalue weighted by atomic mass is 19.1. The van der Waals surface area contributed by atoms with Gasteiger partial charge in [0.1, 0.15) is 18.5 Å². The predicted octanol–water partition coefficient (Wildman–Crippen LogP) is 2.68. The minimum absolute atomic E-state index is 0.193. The third kappa shape index (κ3) is 4.63. The highest BCUT2D eigenvalue weighted by molar-refractivity contribution is 5.76. The van der Waals surface area contributed by atoms with Gasteiger partial charge >= 0.3 is 0 Å². The Balaban J connectivity index is 1.45. The quantitative estimate of drug-likeness (QED) is 0.818. The van der Waals surface area contributed by atoms with Gasteiger partial charge in [-0.25, -0.2) is 4.39 Å². The van der Waals surface area contributed by atoms with Gasteiger partial charge in [0.2, 0.25) is 5.91 Å². The smallest absolute Gasteiger partial charge is 0.224 e. The molecule has 1 aliphatic heterocycles. The molecule has 1 aliphatic rings. The number of likely N-dealkylation sites (tertiary alicyclic amines) is 1. The van der Waals surface area contributed by atoms with Crippen molar-refractivity contribution in [1.82, 2.24) is 19.7 Å². The summed E-state index contributed by atoms with van der Waals surface area (Å²) in [5.41, 5.74) is 1.16. The Morgan fingerprint density at radius 1 is 1.21 bits per heavy atom. The fourth-order valence-electron chi connectivity index (χ4n) is 3.27. The van der Waals surface area contributed by atoms with Gasteiger partial charge in [0.25, 0.3) is 0 Å². The molecule has 5 nitrogen and oxygen atoms in total. The van der Waals surface area contributed by atoms with Crippen molar-refractivity contribution in [2.24, 2.45) is 5.92 Å². The third-order valence-corrected chi connectivity index (χ3v) is 4.68.